The summed E-state index contributed by atoms with van der Waals surface area (Å²) >= 11 is 0. The highest BCUT2D eigenvalue weighted by Crippen LogP contribution is 2.27. The smallest absolute Gasteiger partial charge is 0.258 e. The number of nitrogens with one attached hydrogen (secondary N) is 2. The summed E-state index contributed by atoms with van der Waals surface area (Å²) in [7, 11) is -3.17. The highest BCUT2D eigenvalue weighted by Gasteiger charge is 2.14. The lowest BCUT2D eigenvalue weighted by Gasteiger charge is -2.03. The van der Waals surface area contributed by atoms with Crippen molar-refractivity contribution in [2.75, 3.05) is 12.8 Å². The van der Waals surface area contributed by atoms with E-state index in [0.29, 0.717) is 24.7 Å². The van der Waals surface area contributed by atoms with Crippen molar-refractivity contribution in [2.45, 2.75) is 6.42 Å². The molecule has 4 rings (SSSR count). The third-order valence-corrected chi connectivity index (χ3v) is 4.83. The quantitative estimate of drug-likeness (QED) is 0.528. The zero-order chi connectivity index (χ0) is 18.9. The van der Waals surface area contributed by atoms with Crippen LogP contribution in [-0.4, -0.2) is 41.3 Å². The molecular weight excluding hydrogens is 366 g/mol. The fourth-order valence-electron chi connectivity index (χ4n) is 2.80. The minimum Gasteiger partial charge on any atom is -0.346 e. The first-order chi connectivity index (χ1) is 13.0. The van der Waals surface area contributed by atoms with Crippen LogP contribution in [0.3, 0.4) is 0 Å². The van der Waals surface area contributed by atoms with E-state index in [1.165, 1.54) is 0 Å². The fourth-order valence-corrected chi connectivity index (χ4v) is 3.27. The maximum absolute atomic E-state index is 11.1. The summed E-state index contributed by atoms with van der Waals surface area (Å²) < 4.78 is 30.1. The van der Waals surface area contributed by atoms with E-state index in [-0.39, 0.29) is 0 Å². The molecule has 2 N–H and O–H groups in total. The van der Waals surface area contributed by atoms with Crippen LogP contribution in [0.25, 0.3) is 33.9 Å². The van der Waals surface area contributed by atoms with Crippen LogP contribution in [0, 0.1) is 0 Å². The Balaban J connectivity index is 1.52. The predicted molar refractivity (Wildman–Crippen MR) is 101 cm³/mol. The molecule has 138 valence electrons. The van der Waals surface area contributed by atoms with Gasteiger partial charge in [0.2, 0.25) is 15.8 Å². The summed E-state index contributed by atoms with van der Waals surface area (Å²) in [6.45, 7) is 0.359. The van der Waals surface area contributed by atoms with E-state index in [0.717, 1.165) is 34.0 Å². The topological polar surface area (TPSA) is 114 Å². The molecule has 3 heterocycles. The number of nitrogens with zero attached hydrogens (tertiary/aromatic N) is 3. The molecule has 0 aliphatic heterocycles. The Morgan fingerprint density at radius 3 is 2.74 bits per heavy atom. The van der Waals surface area contributed by atoms with Crippen molar-refractivity contribution in [3.8, 4) is 22.8 Å². The summed E-state index contributed by atoms with van der Waals surface area (Å²) in [5.74, 6) is 0.921. The van der Waals surface area contributed by atoms with Crippen LogP contribution in [0.5, 0.6) is 0 Å². The van der Waals surface area contributed by atoms with Crippen molar-refractivity contribution in [1.29, 1.82) is 0 Å². The normalized spacial score (nSPS) is 11.9. The maximum Gasteiger partial charge on any atom is 0.258 e. The molecule has 8 nitrogen and oxygen atoms in total. The first-order valence-electron chi connectivity index (χ1n) is 8.30. The van der Waals surface area contributed by atoms with Crippen molar-refractivity contribution in [3.05, 3.63) is 54.4 Å². The average Bonchev–Trinajstić information content (AvgIpc) is 3.30. The molecule has 0 spiro atoms. The second-order valence-electron chi connectivity index (χ2n) is 6.14. The summed E-state index contributed by atoms with van der Waals surface area (Å²) in [5.41, 5.74) is 3.43. The Labute approximate surface area is 155 Å². The van der Waals surface area contributed by atoms with Gasteiger partial charge in [-0.15, -0.1) is 0 Å². The van der Waals surface area contributed by atoms with Crippen LogP contribution in [0.2, 0.25) is 0 Å². The molecule has 4 aromatic rings. The monoisotopic (exact) mass is 383 g/mol. The minimum atomic E-state index is -3.17. The van der Waals surface area contributed by atoms with Crippen LogP contribution in [0.15, 0.2) is 53.3 Å². The molecule has 0 saturated carbocycles. The number of sulfonamides is 1. The molecule has 9 heteroatoms. The molecule has 0 amide bonds. The Hall–Kier alpha value is -3.04. The van der Waals surface area contributed by atoms with Crippen LogP contribution in [0.4, 0.5) is 0 Å². The van der Waals surface area contributed by atoms with Gasteiger partial charge in [0.05, 0.1) is 6.26 Å². The zero-order valence-corrected chi connectivity index (χ0v) is 15.3. The fraction of sp³-hybridized carbons (Fsp3) is 0.167. The summed E-state index contributed by atoms with van der Waals surface area (Å²) in [4.78, 5) is 11.8. The molecular formula is C18H17N5O3S. The van der Waals surface area contributed by atoms with E-state index in [4.69, 9.17) is 4.52 Å². The van der Waals surface area contributed by atoms with E-state index >= 15 is 0 Å². The number of pyridine rings is 1. The number of benzene rings is 1. The van der Waals surface area contributed by atoms with Gasteiger partial charge in [-0.05, 0) is 36.2 Å². The van der Waals surface area contributed by atoms with Gasteiger partial charge in [-0.25, -0.2) is 18.1 Å². The van der Waals surface area contributed by atoms with Crippen molar-refractivity contribution in [3.63, 3.8) is 0 Å². The van der Waals surface area contributed by atoms with Gasteiger partial charge in [0.1, 0.15) is 5.65 Å². The molecule has 3 aromatic heterocycles. The average molecular weight is 383 g/mol. The van der Waals surface area contributed by atoms with Gasteiger partial charge in [-0.2, -0.15) is 4.98 Å². The number of hydrogen-bond donors (Lipinski definition) is 2. The summed E-state index contributed by atoms with van der Waals surface area (Å²) in [5, 5.41) is 5.02. The molecule has 0 unspecified atom stereocenters. The van der Waals surface area contributed by atoms with Gasteiger partial charge in [0.25, 0.3) is 5.89 Å². The van der Waals surface area contributed by atoms with Crippen molar-refractivity contribution < 1.29 is 12.9 Å². The van der Waals surface area contributed by atoms with Gasteiger partial charge < -0.3 is 9.51 Å². The highest BCUT2D eigenvalue weighted by atomic mass is 32.2. The van der Waals surface area contributed by atoms with Crippen LogP contribution in [-0.2, 0) is 16.4 Å². The second-order valence-corrected chi connectivity index (χ2v) is 7.97. The standard InChI is InChI=1S/C18H17N5O3S/c1-27(24,25)21-11-6-12-2-4-13(5-3-12)18-22-17(23-26-18)15-8-10-20-16-14(15)7-9-19-16/h2-5,7-10,21H,6,11H2,1H3,(H,19,20). The number of aromatic amines is 1. The number of rotatable bonds is 6. The third kappa shape index (κ3) is 3.88. The zero-order valence-electron chi connectivity index (χ0n) is 14.5. The number of aromatic nitrogens is 4. The first-order valence-corrected chi connectivity index (χ1v) is 10.2. The number of hydrogen-bond acceptors (Lipinski definition) is 6. The Kier molecular flexibility index (Phi) is 4.46. The van der Waals surface area contributed by atoms with Crippen molar-refractivity contribution >= 4 is 21.1 Å². The molecule has 0 fully saturated rings. The molecule has 0 radical (unpaired) electrons. The third-order valence-electron chi connectivity index (χ3n) is 4.11. The Bertz CT molecular complexity index is 1180. The van der Waals surface area contributed by atoms with Crippen LogP contribution in [0.1, 0.15) is 5.56 Å². The molecule has 0 aliphatic carbocycles. The lowest BCUT2D eigenvalue weighted by Crippen LogP contribution is -2.24. The van der Waals surface area contributed by atoms with Crippen molar-refractivity contribution in [2.24, 2.45) is 0 Å². The number of H-pyrrole nitrogens is 1. The van der Waals surface area contributed by atoms with E-state index in [9.17, 15) is 8.42 Å². The van der Waals surface area contributed by atoms with Crippen LogP contribution < -0.4 is 4.72 Å². The lowest BCUT2D eigenvalue weighted by atomic mass is 10.1. The summed E-state index contributed by atoms with van der Waals surface area (Å²) in [6.07, 6.45) is 5.27. The van der Waals surface area contributed by atoms with Crippen molar-refractivity contribution in [1.82, 2.24) is 24.8 Å². The maximum atomic E-state index is 11.1. The molecule has 27 heavy (non-hydrogen) atoms. The van der Waals surface area contributed by atoms with Gasteiger partial charge in [0.15, 0.2) is 0 Å². The molecule has 1 aromatic carbocycles. The SMILES string of the molecule is CS(=O)(=O)NCCc1ccc(-c2nc(-c3ccnc4[nH]ccc34)no2)cc1. The van der Waals surface area contributed by atoms with Gasteiger partial charge in [-0.1, -0.05) is 17.3 Å². The van der Waals surface area contributed by atoms with Gasteiger partial charge >= 0.3 is 0 Å². The predicted octanol–water partition coefficient (Wildman–Crippen LogP) is 2.37. The number of fused-ring (bicyclic) bond motifs is 1. The highest BCUT2D eigenvalue weighted by molar-refractivity contribution is 7.88. The minimum absolute atomic E-state index is 0.359. The van der Waals surface area contributed by atoms with E-state index in [1.807, 2.05) is 42.6 Å². The summed E-state index contributed by atoms with van der Waals surface area (Å²) in [6, 6.07) is 11.4. The Morgan fingerprint density at radius 1 is 1.15 bits per heavy atom. The van der Waals surface area contributed by atoms with E-state index in [1.54, 1.807) is 6.20 Å². The van der Waals surface area contributed by atoms with Gasteiger partial charge in [-0.3, -0.25) is 0 Å². The molecule has 0 aliphatic rings. The molecule has 0 saturated heterocycles. The van der Waals surface area contributed by atoms with E-state index in [2.05, 4.69) is 24.8 Å². The molecule has 0 bridgehead atoms. The largest absolute Gasteiger partial charge is 0.346 e. The van der Waals surface area contributed by atoms with E-state index < -0.39 is 10.0 Å². The molecule has 0 atom stereocenters. The van der Waals surface area contributed by atoms with Crippen LogP contribution >= 0.6 is 0 Å². The van der Waals surface area contributed by atoms with Gasteiger partial charge in [0, 0.05) is 35.5 Å². The Morgan fingerprint density at radius 2 is 1.96 bits per heavy atom. The first kappa shape index (κ1) is 17.4. The lowest BCUT2D eigenvalue weighted by molar-refractivity contribution is 0.432. The second kappa shape index (κ2) is 6.93.